The molecule has 0 bridgehead atoms. The Labute approximate surface area is 103 Å². The van der Waals surface area contributed by atoms with E-state index in [0.29, 0.717) is 11.4 Å². The van der Waals surface area contributed by atoms with Crippen LogP contribution in [0.1, 0.15) is 0 Å². The van der Waals surface area contributed by atoms with Crippen LogP contribution in [0.4, 0.5) is 11.4 Å². The summed E-state index contributed by atoms with van der Waals surface area (Å²) >= 11 is 1.63. The first kappa shape index (κ1) is 10.1. The highest BCUT2D eigenvalue weighted by atomic mass is 32.1. The lowest BCUT2D eigenvalue weighted by atomic mass is 10.2. The van der Waals surface area contributed by atoms with Crippen molar-refractivity contribution in [2.45, 2.75) is 0 Å². The minimum Gasteiger partial charge on any atom is -0.397 e. The topological polar surface area (TPSA) is 64.9 Å². The van der Waals surface area contributed by atoms with Crippen LogP contribution in [0.2, 0.25) is 0 Å². The fourth-order valence-corrected chi connectivity index (χ4v) is 2.72. The fourth-order valence-electron chi connectivity index (χ4n) is 1.73. The lowest BCUT2D eigenvalue weighted by Crippen LogP contribution is -1.94. The number of nitrogen functional groups attached to an aromatic ring is 2. The largest absolute Gasteiger partial charge is 0.397 e. The van der Waals surface area contributed by atoms with Crippen molar-refractivity contribution in [2.24, 2.45) is 0 Å². The van der Waals surface area contributed by atoms with E-state index < -0.39 is 0 Å². The van der Waals surface area contributed by atoms with Gasteiger partial charge >= 0.3 is 0 Å². The summed E-state index contributed by atoms with van der Waals surface area (Å²) in [6.07, 6.45) is 0. The first-order chi connectivity index (χ1) is 8.25. The minimum absolute atomic E-state index is 0.570. The molecule has 0 saturated heterocycles. The summed E-state index contributed by atoms with van der Waals surface area (Å²) in [7, 11) is 0. The molecule has 84 valence electrons. The van der Waals surface area contributed by atoms with E-state index in [2.05, 4.69) is 4.98 Å². The van der Waals surface area contributed by atoms with E-state index in [1.807, 2.05) is 42.5 Å². The van der Waals surface area contributed by atoms with Crippen molar-refractivity contribution < 1.29 is 0 Å². The van der Waals surface area contributed by atoms with Crippen LogP contribution >= 0.6 is 11.3 Å². The number of nitrogens with zero attached hydrogens (tertiary/aromatic N) is 1. The fraction of sp³-hybridized carbons (Fsp3) is 0. The van der Waals surface area contributed by atoms with Crippen LogP contribution in [0.25, 0.3) is 20.8 Å². The summed E-state index contributed by atoms with van der Waals surface area (Å²) in [6, 6.07) is 13.9. The average molecular weight is 241 g/mol. The average Bonchev–Trinajstić information content (AvgIpc) is 2.80. The molecule has 3 nitrogen and oxygen atoms in total. The molecule has 0 amide bonds. The number of aromatic nitrogens is 1. The van der Waals surface area contributed by atoms with Crippen molar-refractivity contribution in [1.82, 2.24) is 4.98 Å². The van der Waals surface area contributed by atoms with Crippen LogP contribution in [0.5, 0.6) is 0 Å². The smallest absolute Gasteiger partial charge is 0.124 e. The maximum atomic E-state index is 5.93. The molecule has 0 saturated carbocycles. The molecule has 0 aliphatic carbocycles. The summed E-state index contributed by atoms with van der Waals surface area (Å²) in [5.74, 6) is 0. The Morgan fingerprint density at radius 3 is 2.47 bits per heavy atom. The Balaban J connectivity index is 2.24. The van der Waals surface area contributed by atoms with Gasteiger partial charge in [0, 0.05) is 5.56 Å². The zero-order valence-corrected chi connectivity index (χ0v) is 9.87. The third-order valence-corrected chi connectivity index (χ3v) is 3.72. The van der Waals surface area contributed by atoms with Gasteiger partial charge in [-0.2, -0.15) is 0 Å². The first-order valence-electron chi connectivity index (χ1n) is 5.25. The van der Waals surface area contributed by atoms with Crippen LogP contribution in [0.3, 0.4) is 0 Å². The molecular weight excluding hydrogens is 230 g/mol. The molecule has 3 rings (SSSR count). The second kappa shape index (κ2) is 3.75. The SMILES string of the molecule is Nc1ccc2sc(-c3ccccc3)nc2c1N. The van der Waals surface area contributed by atoms with Crippen LogP contribution in [0.15, 0.2) is 42.5 Å². The van der Waals surface area contributed by atoms with E-state index in [0.717, 1.165) is 20.8 Å². The van der Waals surface area contributed by atoms with Crippen molar-refractivity contribution in [1.29, 1.82) is 0 Å². The van der Waals surface area contributed by atoms with Crippen molar-refractivity contribution in [3.05, 3.63) is 42.5 Å². The van der Waals surface area contributed by atoms with Gasteiger partial charge in [0.25, 0.3) is 0 Å². The van der Waals surface area contributed by atoms with Crippen LogP contribution in [-0.2, 0) is 0 Å². The summed E-state index contributed by atoms with van der Waals surface area (Å²) in [5, 5.41) is 0.970. The number of nitrogens with two attached hydrogens (primary N) is 2. The number of fused-ring (bicyclic) bond motifs is 1. The van der Waals surface area contributed by atoms with Crippen LogP contribution < -0.4 is 11.5 Å². The third-order valence-electron chi connectivity index (χ3n) is 2.65. The zero-order chi connectivity index (χ0) is 11.8. The molecule has 0 aliphatic heterocycles. The molecular formula is C13H11N3S. The highest BCUT2D eigenvalue weighted by Gasteiger charge is 2.09. The van der Waals surface area contributed by atoms with Gasteiger partial charge in [0.15, 0.2) is 0 Å². The molecule has 0 unspecified atom stereocenters. The van der Waals surface area contributed by atoms with E-state index in [9.17, 15) is 0 Å². The van der Waals surface area contributed by atoms with Crippen molar-refractivity contribution >= 4 is 32.9 Å². The molecule has 4 heteroatoms. The molecule has 0 spiro atoms. The van der Waals surface area contributed by atoms with E-state index in [1.54, 1.807) is 11.3 Å². The lowest BCUT2D eigenvalue weighted by molar-refractivity contribution is 1.48. The van der Waals surface area contributed by atoms with Gasteiger partial charge in [0.1, 0.15) is 10.5 Å². The van der Waals surface area contributed by atoms with Crippen molar-refractivity contribution in [2.75, 3.05) is 11.5 Å². The summed E-state index contributed by atoms with van der Waals surface area (Å²) in [6.45, 7) is 0. The first-order valence-corrected chi connectivity index (χ1v) is 6.07. The van der Waals surface area contributed by atoms with Gasteiger partial charge in [0.05, 0.1) is 16.1 Å². The standard InChI is InChI=1S/C13H11N3S/c14-9-6-7-10-12(11(9)15)16-13(17-10)8-4-2-1-3-5-8/h1-7H,14-15H2. The number of hydrogen-bond donors (Lipinski definition) is 2. The Bertz CT molecular complexity index is 674. The lowest BCUT2D eigenvalue weighted by Gasteiger charge is -1.98. The van der Waals surface area contributed by atoms with Gasteiger partial charge in [0.2, 0.25) is 0 Å². The zero-order valence-electron chi connectivity index (χ0n) is 9.05. The number of thiazole rings is 1. The van der Waals surface area contributed by atoms with Gasteiger partial charge in [-0.1, -0.05) is 30.3 Å². The second-order valence-corrected chi connectivity index (χ2v) is 4.83. The molecule has 1 heterocycles. The van der Waals surface area contributed by atoms with Gasteiger partial charge < -0.3 is 11.5 Å². The van der Waals surface area contributed by atoms with Gasteiger partial charge in [-0.3, -0.25) is 0 Å². The number of benzene rings is 2. The highest BCUT2D eigenvalue weighted by Crippen LogP contribution is 2.34. The van der Waals surface area contributed by atoms with Crippen molar-refractivity contribution in [3.63, 3.8) is 0 Å². The number of anilines is 2. The summed E-state index contributed by atoms with van der Waals surface area (Å²) in [5.41, 5.74) is 14.8. The molecule has 0 aliphatic rings. The number of hydrogen-bond acceptors (Lipinski definition) is 4. The van der Waals surface area contributed by atoms with Gasteiger partial charge in [-0.25, -0.2) is 4.98 Å². The molecule has 3 aromatic rings. The summed E-state index contributed by atoms with van der Waals surface area (Å²) in [4.78, 5) is 4.56. The molecule has 0 fully saturated rings. The predicted octanol–water partition coefficient (Wildman–Crippen LogP) is 3.13. The Kier molecular flexibility index (Phi) is 2.23. The Morgan fingerprint density at radius 2 is 1.71 bits per heavy atom. The van der Waals surface area contributed by atoms with Gasteiger partial charge in [-0.15, -0.1) is 11.3 Å². The maximum absolute atomic E-state index is 5.93. The quantitative estimate of drug-likeness (QED) is 0.643. The highest BCUT2D eigenvalue weighted by molar-refractivity contribution is 7.21. The Morgan fingerprint density at radius 1 is 0.941 bits per heavy atom. The Hall–Kier alpha value is -2.07. The van der Waals surface area contributed by atoms with Crippen LogP contribution in [0, 0.1) is 0 Å². The van der Waals surface area contributed by atoms with E-state index >= 15 is 0 Å². The molecule has 2 aromatic carbocycles. The van der Waals surface area contributed by atoms with E-state index in [-0.39, 0.29) is 0 Å². The van der Waals surface area contributed by atoms with Gasteiger partial charge in [-0.05, 0) is 12.1 Å². The molecule has 4 N–H and O–H groups in total. The number of rotatable bonds is 1. The third kappa shape index (κ3) is 1.62. The molecule has 1 aromatic heterocycles. The summed E-state index contributed by atoms with van der Waals surface area (Å²) < 4.78 is 1.07. The second-order valence-electron chi connectivity index (χ2n) is 3.80. The molecule has 0 atom stereocenters. The van der Waals surface area contributed by atoms with E-state index in [4.69, 9.17) is 11.5 Å². The van der Waals surface area contributed by atoms with E-state index in [1.165, 1.54) is 0 Å². The predicted molar refractivity (Wildman–Crippen MR) is 73.9 cm³/mol. The molecule has 17 heavy (non-hydrogen) atoms. The maximum Gasteiger partial charge on any atom is 0.124 e. The monoisotopic (exact) mass is 241 g/mol. The van der Waals surface area contributed by atoms with Crippen LogP contribution in [-0.4, -0.2) is 4.98 Å². The minimum atomic E-state index is 0.570. The molecule has 0 radical (unpaired) electrons. The van der Waals surface area contributed by atoms with Crippen molar-refractivity contribution in [3.8, 4) is 10.6 Å². The normalized spacial score (nSPS) is 10.8.